The second-order valence-electron chi connectivity index (χ2n) is 4.70. The molecule has 0 saturated heterocycles. The van der Waals surface area contributed by atoms with Crippen LogP contribution in [0.5, 0.6) is 5.75 Å². The molecule has 0 heterocycles. The minimum absolute atomic E-state index is 0.0510. The first-order valence-electron chi connectivity index (χ1n) is 6.73. The van der Waals surface area contributed by atoms with Gasteiger partial charge >= 0.3 is 5.97 Å². The van der Waals surface area contributed by atoms with Gasteiger partial charge in [0, 0.05) is 6.42 Å². The van der Waals surface area contributed by atoms with E-state index in [1.54, 1.807) is 19.2 Å². The molecule has 1 rings (SSSR count). The van der Waals surface area contributed by atoms with Crippen LogP contribution in [0.15, 0.2) is 24.3 Å². The number of methoxy groups -OCH3 is 1. The van der Waals surface area contributed by atoms with Gasteiger partial charge < -0.3 is 15.2 Å². The normalized spacial score (nSPS) is 13.3. The average Bonchev–Trinajstić information content (AvgIpc) is 2.50. The van der Waals surface area contributed by atoms with E-state index in [4.69, 9.17) is 9.84 Å². The number of hydrogen-bond acceptors (Lipinski definition) is 3. The summed E-state index contributed by atoms with van der Waals surface area (Å²) in [6, 6.07) is 5.86. The predicted octanol–water partition coefficient (Wildman–Crippen LogP) is 2.12. The summed E-state index contributed by atoms with van der Waals surface area (Å²) in [5.41, 5.74) is 0.959. The molecule has 0 fully saturated rings. The Labute approximate surface area is 123 Å². The molecule has 1 aromatic rings. The lowest BCUT2D eigenvalue weighted by Crippen LogP contribution is -2.42. The quantitative estimate of drug-likeness (QED) is 0.770. The first-order valence-corrected chi connectivity index (χ1v) is 6.73. The molecule has 0 aliphatic carbocycles. The van der Waals surface area contributed by atoms with Gasteiger partial charge in [0.05, 0.1) is 7.11 Å². The lowest BCUT2D eigenvalue weighted by atomic mass is 9.93. The van der Waals surface area contributed by atoms with Crippen LogP contribution in [-0.2, 0) is 9.59 Å². The van der Waals surface area contributed by atoms with E-state index in [1.165, 1.54) is 0 Å². The smallest absolute Gasteiger partial charge is 0.328 e. The Morgan fingerprint density at radius 3 is 2.38 bits per heavy atom. The van der Waals surface area contributed by atoms with Gasteiger partial charge in [-0.3, -0.25) is 4.79 Å². The number of hydrogen-bond donors (Lipinski definition) is 2. The number of alkyl halides is 1. The number of benzene rings is 1. The van der Waals surface area contributed by atoms with Crippen molar-refractivity contribution in [3.8, 4) is 5.75 Å². The zero-order valence-electron chi connectivity index (χ0n) is 12.1. The van der Waals surface area contributed by atoms with Crippen molar-refractivity contribution in [1.29, 1.82) is 0 Å². The van der Waals surface area contributed by atoms with Crippen LogP contribution in [0.25, 0.3) is 0 Å². The van der Waals surface area contributed by atoms with Gasteiger partial charge in [-0.05, 0) is 30.0 Å². The molecule has 0 aliphatic rings. The minimum atomic E-state index is -1.48. The summed E-state index contributed by atoms with van der Waals surface area (Å²) in [5, 5.41) is 10.9. The van der Waals surface area contributed by atoms with Gasteiger partial charge in [-0.25, -0.2) is 9.18 Å². The van der Waals surface area contributed by atoms with Crippen molar-refractivity contribution in [3.63, 3.8) is 0 Å². The molecule has 0 aromatic heterocycles. The second-order valence-corrected chi connectivity index (χ2v) is 4.70. The van der Waals surface area contributed by atoms with Crippen LogP contribution in [0.2, 0.25) is 0 Å². The molecule has 0 radical (unpaired) electrons. The molecule has 6 heteroatoms. The lowest BCUT2D eigenvalue weighted by molar-refractivity contribution is -0.142. The molecule has 1 aromatic carbocycles. The van der Waals surface area contributed by atoms with Gasteiger partial charge in [0.25, 0.3) is 0 Å². The average molecular weight is 297 g/mol. The molecule has 2 unspecified atom stereocenters. The summed E-state index contributed by atoms with van der Waals surface area (Å²) in [6.07, 6.45) is 0.833. The van der Waals surface area contributed by atoms with Crippen molar-refractivity contribution >= 4 is 11.9 Å². The number of aliphatic carboxylic acids is 1. The number of amides is 1. The molecule has 21 heavy (non-hydrogen) atoms. The number of halogens is 1. The van der Waals surface area contributed by atoms with Gasteiger partial charge in [-0.2, -0.15) is 0 Å². The van der Waals surface area contributed by atoms with Gasteiger partial charge in [0.15, 0.2) is 6.04 Å². The third-order valence-corrected chi connectivity index (χ3v) is 3.30. The highest BCUT2D eigenvalue weighted by molar-refractivity contribution is 5.84. The van der Waals surface area contributed by atoms with Crippen molar-refractivity contribution < 1.29 is 23.8 Å². The van der Waals surface area contributed by atoms with E-state index >= 15 is 0 Å². The monoisotopic (exact) mass is 297 g/mol. The molecule has 0 bridgehead atoms. The summed E-state index contributed by atoms with van der Waals surface area (Å²) >= 11 is 0. The maximum Gasteiger partial charge on any atom is 0.328 e. The Hall–Kier alpha value is -2.11. The predicted molar refractivity (Wildman–Crippen MR) is 76.2 cm³/mol. The maximum atomic E-state index is 12.5. The molecule has 0 spiro atoms. The zero-order valence-corrected chi connectivity index (χ0v) is 12.1. The number of carboxylic acids is 1. The van der Waals surface area contributed by atoms with Crippen LogP contribution in [0, 0.1) is 0 Å². The Morgan fingerprint density at radius 1 is 1.33 bits per heavy atom. The van der Waals surface area contributed by atoms with Crippen molar-refractivity contribution in [2.45, 2.75) is 31.7 Å². The second kappa shape index (κ2) is 8.24. The van der Waals surface area contributed by atoms with E-state index in [-0.39, 0.29) is 12.3 Å². The van der Waals surface area contributed by atoms with E-state index in [9.17, 15) is 14.0 Å². The molecular formula is C15H20FNO4. The van der Waals surface area contributed by atoms with Gasteiger partial charge in [-0.15, -0.1) is 0 Å². The van der Waals surface area contributed by atoms with Crippen molar-refractivity contribution in [2.24, 2.45) is 0 Å². The summed E-state index contributed by atoms with van der Waals surface area (Å²) in [4.78, 5) is 22.5. The summed E-state index contributed by atoms with van der Waals surface area (Å²) in [5.74, 6) is -1.17. The Bertz CT molecular complexity index is 475. The largest absolute Gasteiger partial charge is 0.497 e. The minimum Gasteiger partial charge on any atom is -0.497 e. The Morgan fingerprint density at radius 2 is 1.95 bits per heavy atom. The SMILES string of the molecule is CCC(CC(=O)NC(CF)C(=O)O)c1ccc(OC)cc1. The highest BCUT2D eigenvalue weighted by atomic mass is 19.1. The third kappa shape index (κ3) is 5.06. The molecule has 0 aliphatic heterocycles. The van der Waals surface area contributed by atoms with Gasteiger partial charge in [-0.1, -0.05) is 19.1 Å². The van der Waals surface area contributed by atoms with Crippen molar-refractivity contribution in [2.75, 3.05) is 13.8 Å². The highest BCUT2D eigenvalue weighted by Crippen LogP contribution is 2.25. The van der Waals surface area contributed by atoms with E-state index in [0.29, 0.717) is 6.42 Å². The molecule has 5 nitrogen and oxygen atoms in total. The first-order chi connectivity index (χ1) is 10.0. The van der Waals surface area contributed by atoms with E-state index < -0.39 is 24.6 Å². The number of carbonyl (C=O) groups is 2. The zero-order chi connectivity index (χ0) is 15.8. The standard InChI is InChI=1S/C15H20FNO4/c1-3-10(11-4-6-12(21-2)7-5-11)8-14(18)17-13(9-16)15(19)20/h4-7,10,13H,3,8-9H2,1-2H3,(H,17,18)(H,19,20). The first kappa shape index (κ1) is 16.9. The van der Waals surface area contributed by atoms with E-state index in [0.717, 1.165) is 11.3 Å². The van der Waals surface area contributed by atoms with Crippen molar-refractivity contribution in [1.82, 2.24) is 5.32 Å². The van der Waals surface area contributed by atoms with Crippen LogP contribution in [-0.4, -0.2) is 36.8 Å². The third-order valence-electron chi connectivity index (χ3n) is 3.30. The number of ether oxygens (including phenoxy) is 1. The Kier molecular flexibility index (Phi) is 6.65. The summed E-state index contributed by atoms with van der Waals surface area (Å²) < 4.78 is 17.6. The maximum absolute atomic E-state index is 12.5. The fraction of sp³-hybridized carbons (Fsp3) is 0.467. The fourth-order valence-electron chi connectivity index (χ4n) is 2.02. The number of carbonyl (C=O) groups excluding carboxylic acids is 1. The number of carboxylic acid groups (broad SMARTS) is 1. The summed E-state index contributed by atoms with van der Waals surface area (Å²) in [7, 11) is 1.57. The van der Waals surface area contributed by atoms with E-state index in [2.05, 4.69) is 5.32 Å². The molecule has 2 N–H and O–H groups in total. The van der Waals surface area contributed by atoms with Crippen LogP contribution in [0.1, 0.15) is 31.2 Å². The number of nitrogens with one attached hydrogen (secondary N) is 1. The van der Waals surface area contributed by atoms with Crippen LogP contribution in [0.4, 0.5) is 4.39 Å². The fourth-order valence-corrected chi connectivity index (χ4v) is 2.02. The highest BCUT2D eigenvalue weighted by Gasteiger charge is 2.22. The van der Waals surface area contributed by atoms with Crippen LogP contribution < -0.4 is 10.1 Å². The molecule has 1 amide bonds. The number of rotatable bonds is 8. The van der Waals surface area contributed by atoms with Crippen LogP contribution in [0.3, 0.4) is 0 Å². The molecule has 116 valence electrons. The summed E-state index contributed by atoms with van der Waals surface area (Å²) in [6.45, 7) is 0.812. The topological polar surface area (TPSA) is 75.6 Å². The van der Waals surface area contributed by atoms with Gasteiger partial charge in [0.1, 0.15) is 12.4 Å². The van der Waals surface area contributed by atoms with Crippen LogP contribution >= 0.6 is 0 Å². The van der Waals surface area contributed by atoms with Gasteiger partial charge in [0.2, 0.25) is 5.91 Å². The molecule has 0 saturated carbocycles. The van der Waals surface area contributed by atoms with E-state index in [1.807, 2.05) is 19.1 Å². The molecule has 2 atom stereocenters. The van der Waals surface area contributed by atoms with Crippen molar-refractivity contribution in [3.05, 3.63) is 29.8 Å². The lowest BCUT2D eigenvalue weighted by Gasteiger charge is -2.17. The molecular weight excluding hydrogens is 277 g/mol. The Balaban J connectivity index is 2.68.